The van der Waals surface area contributed by atoms with E-state index in [1.807, 2.05) is 72.8 Å². The SMILES string of the molecule is NNC(=O)c1ccc(C(Cl)(c2ccccc2)c2ccccc2)cc1. The van der Waals surface area contributed by atoms with Gasteiger partial charge in [-0.15, -0.1) is 11.6 Å². The van der Waals surface area contributed by atoms with E-state index in [0.29, 0.717) is 5.56 Å². The van der Waals surface area contributed by atoms with E-state index in [-0.39, 0.29) is 5.91 Å². The molecule has 3 N–H and O–H groups in total. The number of carbonyl (C=O) groups is 1. The lowest BCUT2D eigenvalue weighted by Gasteiger charge is -2.29. The van der Waals surface area contributed by atoms with Crippen LogP contribution in [-0.4, -0.2) is 5.91 Å². The minimum atomic E-state index is -0.833. The third-order valence-corrected chi connectivity index (χ3v) is 4.67. The number of nitrogens with one attached hydrogen (secondary N) is 1. The number of hydrogen-bond donors (Lipinski definition) is 2. The number of rotatable bonds is 4. The minimum absolute atomic E-state index is 0.332. The molecule has 0 aliphatic heterocycles. The fraction of sp³-hybridized carbons (Fsp3) is 0.0500. The van der Waals surface area contributed by atoms with Gasteiger partial charge in [0.05, 0.1) is 0 Å². The van der Waals surface area contributed by atoms with Crippen molar-refractivity contribution in [1.29, 1.82) is 0 Å². The Hall–Kier alpha value is -2.62. The molecule has 3 aromatic rings. The predicted molar refractivity (Wildman–Crippen MR) is 96.7 cm³/mol. The van der Waals surface area contributed by atoms with Crippen LogP contribution in [0.1, 0.15) is 27.0 Å². The van der Waals surface area contributed by atoms with Crippen molar-refractivity contribution in [2.45, 2.75) is 4.87 Å². The Morgan fingerprint density at radius 3 is 1.58 bits per heavy atom. The van der Waals surface area contributed by atoms with Crippen LogP contribution in [0.5, 0.6) is 0 Å². The van der Waals surface area contributed by atoms with E-state index in [1.54, 1.807) is 12.1 Å². The Morgan fingerprint density at radius 1 is 0.750 bits per heavy atom. The van der Waals surface area contributed by atoms with E-state index in [2.05, 4.69) is 5.43 Å². The summed E-state index contributed by atoms with van der Waals surface area (Å²) in [5.41, 5.74) is 5.44. The third-order valence-electron chi connectivity index (χ3n) is 4.02. The van der Waals surface area contributed by atoms with Crippen molar-refractivity contribution < 1.29 is 4.79 Å². The number of alkyl halides is 1. The summed E-state index contributed by atoms with van der Waals surface area (Å²) in [5.74, 6) is 4.85. The maximum atomic E-state index is 11.6. The van der Waals surface area contributed by atoms with Gasteiger partial charge in [-0.3, -0.25) is 10.2 Å². The molecule has 1 amide bonds. The molecule has 0 saturated heterocycles. The molecule has 3 rings (SSSR count). The van der Waals surface area contributed by atoms with Crippen molar-refractivity contribution >= 4 is 17.5 Å². The molecule has 0 saturated carbocycles. The maximum absolute atomic E-state index is 11.6. The van der Waals surface area contributed by atoms with Crippen molar-refractivity contribution in [3.8, 4) is 0 Å². The first kappa shape index (κ1) is 16.2. The largest absolute Gasteiger partial charge is 0.290 e. The van der Waals surface area contributed by atoms with Crippen LogP contribution in [0.3, 0.4) is 0 Å². The molecule has 24 heavy (non-hydrogen) atoms. The standard InChI is InChI=1S/C20H17ClN2O/c21-20(16-7-3-1-4-8-16,17-9-5-2-6-10-17)18-13-11-15(12-14-18)19(24)23-22/h1-14H,22H2,(H,23,24). The monoisotopic (exact) mass is 336 g/mol. The normalized spacial score (nSPS) is 11.1. The summed E-state index contributed by atoms with van der Waals surface area (Å²) < 4.78 is 0. The molecule has 0 bridgehead atoms. The number of hydrazine groups is 1. The lowest BCUT2D eigenvalue weighted by molar-refractivity contribution is 0.0953. The Labute approximate surface area is 146 Å². The van der Waals surface area contributed by atoms with E-state index in [1.165, 1.54) is 0 Å². The van der Waals surface area contributed by atoms with Gasteiger partial charge in [-0.05, 0) is 28.8 Å². The van der Waals surface area contributed by atoms with Gasteiger partial charge >= 0.3 is 0 Å². The smallest absolute Gasteiger partial charge is 0.265 e. The van der Waals surface area contributed by atoms with Crippen molar-refractivity contribution in [3.63, 3.8) is 0 Å². The number of halogens is 1. The Balaban J connectivity index is 2.14. The zero-order valence-electron chi connectivity index (χ0n) is 12.9. The molecular weight excluding hydrogens is 320 g/mol. The highest BCUT2D eigenvalue weighted by molar-refractivity contribution is 6.28. The molecule has 0 fully saturated rings. The topological polar surface area (TPSA) is 55.1 Å². The first-order valence-electron chi connectivity index (χ1n) is 7.57. The van der Waals surface area contributed by atoms with Crippen LogP contribution >= 0.6 is 11.6 Å². The van der Waals surface area contributed by atoms with E-state index < -0.39 is 4.87 Å². The lowest BCUT2D eigenvalue weighted by Crippen LogP contribution is -2.30. The van der Waals surface area contributed by atoms with Gasteiger partial charge in [0, 0.05) is 5.56 Å². The van der Waals surface area contributed by atoms with E-state index >= 15 is 0 Å². The average Bonchev–Trinajstić information content (AvgIpc) is 2.68. The molecule has 4 heteroatoms. The summed E-state index contributed by atoms with van der Waals surface area (Å²) in [6, 6.07) is 26.9. The number of hydrogen-bond acceptors (Lipinski definition) is 2. The zero-order chi connectivity index (χ0) is 17.0. The number of benzene rings is 3. The summed E-state index contributed by atoms with van der Waals surface area (Å²) in [6.45, 7) is 0. The summed E-state index contributed by atoms with van der Waals surface area (Å²) in [5, 5.41) is 0. The molecule has 3 nitrogen and oxygen atoms in total. The molecule has 0 heterocycles. The van der Waals surface area contributed by atoms with Gasteiger partial charge in [0.15, 0.2) is 0 Å². The number of amides is 1. The summed E-state index contributed by atoms with van der Waals surface area (Å²) in [4.78, 5) is 10.8. The van der Waals surface area contributed by atoms with Crippen LogP contribution in [0, 0.1) is 0 Å². The Kier molecular flexibility index (Phi) is 4.65. The van der Waals surface area contributed by atoms with Gasteiger partial charge in [0.25, 0.3) is 5.91 Å². The van der Waals surface area contributed by atoms with Crippen LogP contribution in [-0.2, 0) is 4.87 Å². The van der Waals surface area contributed by atoms with Crippen molar-refractivity contribution in [3.05, 3.63) is 107 Å². The third kappa shape index (κ3) is 2.92. The number of nitrogen functional groups attached to an aromatic ring is 1. The van der Waals surface area contributed by atoms with Crippen molar-refractivity contribution in [2.75, 3.05) is 0 Å². The Bertz CT molecular complexity index is 778. The minimum Gasteiger partial charge on any atom is -0.290 e. The number of carbonyl (C=O) groups excluding carboxylic acids is 1. The first-order valence-corrected chi connectivity index (χ1v) is 7.95. The van der Waals surface area contributed by atoms with Crippen molar-refractivity contribution in [1.82, 2.24) is 5.43 Å². The quantitative estimate of drug-likeness (QED) is 0.250. The average molecular weight is 337 g/mol. The van der Waals surface area contributed by atoms with E-state index in [0.717, 1.165) is 16.7 Å². The molecule has 0 aromatic heterocycles. The summed E-state index contributed by atoms with van der Waals surface area (Å²) in [7, 11) is 0. The van der Waals surface area contributed by atoms with Crippen LogP contribution < -0.4 is 11.3 Å². The maximum Gasteiger partial charge on any atom is 0.265 e. The second kappa shape index (κ2) is 6.87. The van der Waals surface area contributed by atoms with Gasteiger partial charge in [-0.2, -0.15) is 0 Å². The Morgan fingerprint density at radius 2 is 1.17 bits per heavy atom. The van der Waals surface area contributed by atoms with Crippen molar-refractivity contribution in [2.24, 2.45) is 5.84 Å². The fourth-order valence-electron chi connectivity index (χ4n) is 2.77. The first-order chi connectivity index (χ1) is 11.7. The highest BCUT2D eigenvalue weighted by Gasteiger charge is 2.33. The van der Waals surface area contributed by atoms with Gasteiger partial charge in [0.2, 0.25) is 0 Å². The van der Waals surface area contributed by atoms with Crippen LogP contribution in [0.4, 0.5) is 0 Å². The van der Waals surface area contributed by atoms with Gasteiger partial charge < -0.3 is 0 Å². The second-order valence-electron chi connectivity index (χ2n) is 5.44. The summed E-state index contributed by atoms with van der Waals surface area (Å²) >= 11 is 7.16. The number of nitrogens with two attached hydrogens (primary N) is 1. The fourth-order valence-corrected chi connectivity index (χ4v) is 3.15. The lowest BCUT2D eigenvalue weighted by atomic mass is 9.84. The van der Waals surface area contributed by atoms with Gasteiger partial charge in [-0.25, -0.2) is 5.84 Å². The molecule has 0 atom stereocenters. The second-order valence-corrected chi connectivity index (χ2v) is 6.01. The van der Waals surface area contributed by atoms with Gasteiger partial charge in [0.1, 0.15) is 4.87 Å². The predicted octanol–water partition coefficient (Wildman–Crippen LogP) is 3.82. The van der Waals surface area contributed by atoms with Crippen LogP contribution in [0.25, 0.3) is 0 Å². The molecule has 0 aliphatic rings. The molecule has 0 spiro atoms. The summed E-state index contributed by atoms with van der Waals surface area (Å²) in [6.07, 6.45) is 0. The molecule has 0 unspecified atom stereocenters. The molecule has 0 aliphatic carbocycles. The van der Waals surface area contributed by atoms with Gasteiger partial charge in [-0.1, -0.05) is 72.8 Å². The van der Waals surface area contributed by atoms with Crippen LogP contribution in [0.2, 0.25) is 0 Å². The molecule has 120 valence electrons. The highest BCUT2D eigenvalue weighted by atomic mass is 35.5. The molecule has 0 radical (unpaired) electrons. The van der Waals surface area contributed by atoms with E-state index in [9.17, 15) is 4.79 Å². The zero-order valence-corrected chi connectivity index (χ0v) is 13.7. The molecular formula is C20H17ClN2O. The molecule has 3 aromatic carbocycles. The van der Waals surface area contributed by atoms with Crippen LogP contribution in [0.15, 0.2) is 84.9 Å². The highest BCUT2D eigenvalue weighted by Crippen LogP contribution is 2.42. The van der Waals surface area contributed by atoms with E-state index in [4.69, 9.17) is 17.4 Å².